The van der Waals surface area contributed by atoms with Gasteiger partial charge in [0.05, 0.1) is 6.67 Å². The minimum absolute atomic E-state index is 0.365. The molecular weight excluding hydrogens is 149 g/mol. The molecule has 1 atom stereocenters. The Hall–Kier alpha value is 0.01000. The maximum Gasteiger partial charge on any atom is 0.194 e. The van der Waals surface area contributed by atoms with Gasteiger partial charge in [0.15, 0.2) is 10.9 Å². The van der Waals surface area contributed by atoms with E-state index >= 15 is 0 Å². The van der Waals surface area contributed by atoms with Crippen LogP contribution in [-0.2, 0) is 0 Å². The molecule has 0 aromatic rings. The lowest BCUT2D eigenvalue weighted by Crippen LogP contribution is -2.40. The highest BCUT2D eigenvalue weighted by atomic mass is 35.5. The van der Waals surface area contributed by atoms with E-state index in [1.54, 1.807) is 0 Å². The zero-order valence-corrected chi connectivity index (χ0v) is 5.50. The van der Waals surface area contributed by atoms with Gasteiger partial charge in [-0.05, 0) is 11.6 Å². The smallest absolute Gasteiger partial charge is 0.194 e. The number of amidine groups is 1. The first-order valence-corrected chi connectivity index (χ1v) is 2.95. The summed E-state index contributed by atoms with van der Waals surface area (Å²) in [7, 11) is 0. The van der Waals surface area contributed by atoms with Gasteiger partial charge in [-0.15, -0.1) is 0 Å². The lowest BCUT2D eigenvalue weighted by atomic mass is 10.8. The number of rotatable bonds is 0. The van der Waals surface area contributed by atoms with E-state index in [0.717, 1.165) is 0 Å². The molecule has 1 aliphatic heterocycles. The third-order valence-electron chi connectivity index (χ3n) is 0.731. The van der Waals surface area contributed by atoms with Gasteiger partial charge in [0.25, 0.3) is 0 Å². The van der Waals surface area contributed by atoms with Crippen LogP contribution in [0.2, 0.25) is 0 Å². The lowest BCUT2D eigenvalue weighted by molar-refractivity contribution is 0.611. The molecule has 2 N–H and O–H groups in total. The largest absolute Gasteiger partial charge is 0.348 e. The molecule has 0 amide bonds. The van der Waals surface area contributed by atoms with Crippen LogP contribution >= 0.6 is 23.2 Å². The predicted octanol–water partition coefficient (Wildman–Crippen LogP) is 0.254. The molecule has 1 aliphatic rings. The Kier molecular flexibility index (Phi) is 1.94. The summed E-state index contributed by atoms with van der Waals surface area (Å²) in [4.78, 5) is 3.71. The van der Waals surface area contributed by atoms with E-state index in [1.807, 2.05) is 0 Å². The second kappa shape index (κ2) is 2.53. The van der Waals surface area contributed by atoms with E-state index in [1.165, 1.54) is 0 Å². The number of alkyl halides is 1. The van der Waals surface area contributed by atoms with Gasteiger partial charge in [0.1, 0.15) is 0 Å². The van der Waals surface area contributed by atoms with Gasteiger partial charge in [-0.1, -0.05) is 11.6 Å². The van der Waals surface area contributed by atoms with Gasteiger partial charge < -0.3 is 5.32 Å². The van der Waals surface area contributed by atoms with Crippen LogP contribution in [0.15, 0.2) is 4.99 Å². The van der Waals surface area contributed by atoms with Crippen molar-refractivity contribution < 1.29 is 0 Å². The zero-order valence-electron chi connectivity index (χ0n) is 3.99. The summed E-state index contributed by atoms with van der Waals surface area (Å²) in [6.07, 6.45) is 0. The molecule has 0 aliphatic carbocycles. The molecule has 0 saturated heterocycles. The molecule has 46 valence electrons. The normalized spacial score (nSPS) is 28.8. The van der Waals surface area contributed by atoms with Crippen molar-refractivity contribution in [3.63, 3.8) is 0 Å². The minimum Gasteiger partial charge on any atom is -0.348 e. The number of nitrogens with one attached hydrogen (secondary N) is 2. The number of aliphatic imine (C=N–C) groups is 1. The van der Waals surface area contributed by atoms with Crippen molar-refractivity contribution >= 4 is 28.5 Å². The van der Waals surface area contributed by atoms with Crippen molar-refractivity contribution in [3.05, 3.63) is 0 Å². The van der Waals surface area contributed by atoms with Crippen molar-refractivity contribution in [2.75, 3.05) is 6.67 Å². The Labute approximate surface area is 57.1 Å². The van der Waals surface area contributed by atoms with Crippen LogP contribution in [-0.4, -0.2) is 17.6 Å². The first kappa shape index (κ1) is 6.13. The molecule has 0 saturated carbocycles. The number of hydrogen-bond acceptors (Lipinski definition) is 3. The maximum atomic E-state index is 5.49. The Balaban J connectivity index is 2.50. The first-order valence-electron chi connectivity index (χ1n) is 2.13. The molecule has 0 spiro atoms. The van der Waals surface area contributed by atoms with Crippen LogP contribution in [0.5, 0.6) is 0 Å². The topological polar surface area (TPSA) is 36.4 Å². The van der Waals surface area contributed by atoms with Crippen molar-refractivity contribution in [2.24, 2.45) is 4.99 Å². The molecule has 0 aromatic carbocycles. The van der Waals surface area contributed by atoms with E-state index in [9.17, 15) is 0 Å². The monoisotopic (exact) mass is 153 g/mol. The quantitative estimate of drug-likeness (QED) is 0.387. The van der Waals surface area contributed by atoms with Gasteiger partial charge >= 0.3 is 0 Å². The van der Waals surface area contributed by atoms with Crippen molar-refractivity contribution in [1.82, 2.24) is 10.6 Å². The van der Waals surface area contributed by atoms with E-state index in [2.05, 4.69) is 15.6 Å². The average molecular weight is 154 g/mol. The highest BCUT2D eigenvalue weighted by Crippen LogP contribution is 1.97. The molecule has 0 bridgehead atoms. The molecule has 8 heavy (non-hydrogen) atoms. The summed E-state index contributed by atoms with van der Waals surface area (Å²) >= 11 is 10.9. The van der Waals surface area contributed by atoms with Gasteiger partial charge in [0, 0.05) is 0 Å². The first-order chi connectivity index (χ1) is 3.79. The predicted molar refractivity (Wildman–Crippen MR) is 34.1 cm³/mol. The fraction of sp³-hybridized carbons (Fsp3) is 0.667. The summed E-state index contributed by atoms with van der Waals surface area (Å²) in [5.41, 5.74) is -0.372. The summed E-state index contributed by atoms with van der Waals surface area (Å²) < 4.78 is 0. The summed E-state index contributed by atoms with van der Waals surface area (Å²) in [5, 5.41) is 5.89. The van der Waals surface area contributed by atoms with Gasteiger partial charge in [-0.3, -0.25) is 5.32 Å². The molecule has 5 heteroatoms. The molecule has 1 rings (SSSR count). The van der Waals surface area contributed by atoms with Crippen LogP contribution < -0.4 is 10.6 Å². The van der Waals surface area contributed by atoms with E-state index in [4.69, 9.17) is 23.2 Å². The Morgan fingerprint density at radius 2 is 2.50 bits per heavy atom. The third kappa shape index (κ3) is 1.51. The Morgan fingerprint density at radius 3 is 2.88 bits per heavy atom. The highest BCUT2D eigenvalue weighted by Gasteiger charge is 2.06. The van der Waals surface area contributed by atoms with Gasteiger partial charge in [0.2, 0.25) is 0 Å². The second-order valence-electron chi connectivity index (χ2n) is 1.31. The van der Waals surface area contributed by atoms with Crippen LogP contribution in [0, 0.1) is 0 Å². The van der Waals surface area contributed by atoms with Crippen LogP contribution in [0.3, 0.4) is 0 Å². The fourth-order valence-electron chi connectivity index (χ4n) is 0.399. The summed E-state index contributed by atoms with van der Waals surface area (Å²) in [6, 6.07) is 0. The van der Waals surface area contributed by atoms with E-state index in [0.29, 0.717) is 12.0 Å². The number of nitrogens with zero attached hydrogens (tertiary/aromatic N) is 1. The highest BCUT2D eigenvalue weighted by molar-refractivity contribution is 6.64. The maximum absolute atomic E-state index is 5.49. The summed E-state index contributed by atoms with van der Waals surface area (Å²) in [6.45, 7) is 0.580. The van der Waals surface area contributed by atoms with Crippen molar-refractivity contribution in [3.8, 4) is 0 Å². The Morgan fingerprint density at radius 1 is 1.75 bits per heavy atom. The standard InChI is InChI=1S/C3H5Cl2N3/c4-2-6-1-7-3(5)8-2/h2,6H,1H2,(H,7,8). The zero-order chi connectivity index (χ0) is 5.98. The molecule has 0 aromatic heterocycles. The van der Waals surface area contributed by atoms with Gasteiger partial charge in [-0.2, -0.15) is 0 Å². The summed E-state index contributed by atoms with van der Waals surface area (Å²) in [5.74, 6) is 0. The SMILES string of the molecule is ClC1=NC(Cl)NCN1. The van der Waals surface area contributed by atoms with E-state index < -0.39 is 0 Å². The van der Waals surface area contributed by atoms with Crippen LogP contribution in [0.25, 0.3) is 0 Å². The van der Waals surface area contributed by atoms with Crippen LogP contribution in [0.1, 0.15) is 0 Å². The van der Waals surface area contributed by atoms with Crippen molar-refractivity contribution in [1.29, 1.82) is 0 Å². The van der Waals surface area contributed by atoms with Crippen LogP contribution in [0.4, 0.5) is 0 Å². The molecule has 1 unspecified atom stereocenters. The molecule has 0 radical (unpaired) electrons. The van der Waals surface area contributed by atoms with E-state index in [-0.39, 0.29) is 5.62 Å². The average Bonchev–Trinajstić information content (AvgIpc) is 1.64. The lowest BCUT2D eigenvalue weighted by Gasteiger charge is -2.14. The second-order valence-corrected chi connectivity index (χ2v) is 2.08. The molecule has 0 fully saturated rings. The number of hydrogen-bond donors (Lipinski definition) is 2. The van der Waals surface area contributed by atoms with Gasteiger partial charge in [-0.25, -0.2) is 4.99 Å². The Bertz CT molecular complexity index is 113. The molecule has 3 nitrogen and oxygen atoms in total. The molecular formula is C3H5Cl2N3. The van der Waals surface area contributed by atoms with Crippen molar-refractivity contribution in [2.45, 2.75) is 5.62 Å². The third-order valence-corrected chi connectivity index (χ3v) is 1.21. The molecule has 1 heterocycles. The minimum atomic E-state index is -0.372. The number of halogens is 2. The fourth-order valence-corrected chi connectivity index (χ4v) is 0.788.